The van der Waals surface area contributed by atoms with E-state index in [1.54, 1.807) is 11.1 Å². The van der Waals surface area contributed by atoms with Gasteiger partial charge in [-0.2, -0.15) is 0 Å². The second-order valence-corrected chi connectivity index (χ2v) is 8.20. The molecule has 0 aromatic carbocycles. The number of fused-ring (bicyclic) bond motifs is 1. The SMILES string of the molecule is CC(C)CCNC(=O)C[C@H]1Sc2ncccc2N(CC(C)C)C1=O. The fourth-order valence-electron chi connectivity index (χ4n) is 2.58. The van der Waals surface area contributed by atoms with Crippen LogP contribution < -0.4 is 10.2 Å². The number of carbonyl (C=O) groups is 2. The maximum Gasteiger partial charge on any atom is 0.241 e. The average Bonchev–Trinajstić information content (AvgIpc) is 2.50. The lowest BCUT2D eigenvalue weighted by Gasteiger charge is -2.33. The summed E-state index contributed by atoms with van der Waals surface area (Å²) in [5, 5.41) is 3.35. The number of pyridine rings is 1. The van der Waals surface area contributed by atoms with Crippen LogP contribution in [0.5, 0.6) is 0 Å². The summed E-state index contributed by atoms with van der Waals surface area (Å²) < 4.78 is 0. The highest BCUT2D eigenvalue weighted by molar-refractivity contribution is 8.00. The van der Waals surface area contributed by atoms with E-state index in [9.17, 15) is 9.59 Å². The highest BCUT2D eigenvalue weighted by Gasteiger charge is 2.35. The van der Waals surface area contributed by atoms with Gasteiger partial charge in [-0.3, -0.25) is 9.59 Å². The Kier molecular flexibility index (Phi) is 6.66. The molecule has 0 spiro atoms. The van der Waals surface area contributed by atoms with Crippen LogP contribution in [0.4, 0.5) is 5.69 Å². The molecule has 2 amide bonds. The normalized spacial score (nSPS) is 17.3. The van der Waals surface area contributed by atoms with Crippen molar-refractivity contribution in [2.75, 3.05) is 18.0 Å². The highest BCUT2D eigenvalue weighted by Crippen LogP contribution is 2.38. The summed E-state index contributed by atoms with van der Waals surface area (Å²) in [6, 6.07) is 3.77. The van der Waals surface area contributed by atoms with Crippen LogP contribution in [0, 0.1) is 11.8 Å². The van der Waals surface area contributed by atoms with Crippen LogP contribution in [0.1, 0.15) is 40.5 Å². The van der Waals surface area contributed by atoms with Crippen LogP contribution in [0.25, 0.3) is 0 Å². The minimum absolute atomic E-state index is 0.00760. The second kappa shape index (κ2) is 8.51. The number of thioether (sulfide) groups is 1. The summed E-state index contributed by atoms with van der Waals surface area (Å²) in [6.45, 7) is 9.71. The smallest absolute Gasteiger partial charge is 0.241 e. The number of aromatic nitrogens is 1. The lowest BCUT2D eigenvalue weighted by atomic mass is 10.1. The summed E-state index contributed by atoms with van der Waals surface area (Å²) in [6.07, 6.45) is 2.88. The Balaban J connectivity index is 2.06. The maximum atomic E-state index is 12.8. The topological polar surface area (TPSA) is 62.3 Å². The number of hydrogen-bond donors (Lipinski definition) is 1. The van der Waals surface area contributed by atoms with E-state index < -0.39 is 5.25 Å². The molecule has 1 aliphatic rings. The van der Waals surface area contributed by atoms with Gasteiger partial charge in [0.1, 0.15) is 5.03 Å². The monoisotopic (exact) mass is 349 g/mol. The number of amides is 2. The van der Waals surface area contributed by atoms with Crippen molar-refractivity contribution in [3.05, 3.63) is 18.3 Å². The Bertz CT molecular complexity index is 589. The Morgan fingerprint density at radius 2 is 2.08 bits per heavy atom. The van der Waals surface area contributed by atoms with Gasteiger partial charge in [0, 0.05) is 25.7 Å². The van der Waals surface area contributed by atoms with Crippen LogP contribution in [-0.2, 0) is 9.59 Å². The second-order valence-electron chi connectivity index (χ2n) is 7.01. The zero-order valence-corrected chi connectivity index (χ0v) is 15.7. The third kappa shape index (κ3) is 4.97. The number of nitrogens with zero attached hydrogens (tertiary/aromatic N) is 2. The van der Waals surface area contributed by atoms with Gasteiger partial charge >= 0.3 is 0 Å². The number of nitrogens with one attached hydrogen (secondary N) is 1. The quantitative estimate of drug-likeness (QED) is 0.822. The fourth-order valence-corrected chi connectivity index (χ4v) is 3.73. The van der Waals surface area contributed by atoms with Crippen LogP contribution >= 0.6 is 11.8 Å². The summed E-state index contributed by atoms with van der Waals surface area (Å²) >= 11 is 1.40. The first-order valence-corrected chi connectivity index (χ1v) is 9.46. The molecule has 0 unspecified atom stereocenters. The largest absolute Gasteiger partial charge is 0.356 e. The Morgan fingerprint density at radius 3 is 2.75 bits per heavy atom. The summed E-state index contributed by atoms with van der Waals surface area (Å²) in [4.78, 5) is 31.2. The maximum absolute atomic E-state index is 12.8. The number of hydrogen-bond acceptors (Lipinski definition) is 4. The molecule has 0 radical (unpaired) electrons. The molecular formula is C18H27N3O2S. The zero-order valence-electron chi connectivity index (χ0n) is 14.9. The van der Waals surface area contributed by atoms with Crippen molar-refractivity contribution < 1.29 is 9.59 Å². The summed E-state index contributed by atoms with van der Waals surface area (Å²) in [5.41, 5.74) is 0.859. The van der Waals surface area contributed by atoms with Gasteiger partial charge in [0.15, 0.2) is 0 Å². The summed E-state index contributed by atoms with van der Waals surface area (Å²) in [7, 11) is 0. The third-order valence-corrected chi connectivity index (χ3v) is 4.99. The van der Waals surface area contributed by atoms with E-state index >= 15 is 0 Å². The Morgan fingerprint density at radius 1 is 1.33 bits per heavy atom. The van der Waals surface area contributed by atoms with Crippen LogP contribution in [0.2, 0.25) is 0 Å². The molecule has 1 aromatic heterocycles. The first-order chi connectivity index (χ1) is 11.4. The zero-order chi connectivity index (χ0) is 17.7. The van der Waals surface area contributed by atoms with E-state index in [2.05, 4.69) is 38.0 Å². The van der Waals surface area contributed by atoms with Crippen molar-refractivity contribution in [2.24, 2.45) is 11.8 Å². The first-order valence-electron chi connectivity index (χ1n) is 8.58. The minimum atomic E-state index is -0.398. The van der Waals surface area contributed by atoms with Crippen molar-refractivity contribution in [1.29, 1.82) is 0 Å². The molecule has 1 N–H and O–H groups in total. The molecule has 1 atom stereocenters. The van der Waals surface area contributed by atoms with E-state index in [1.807, 2.05) is 12.1 Å². The van der Waals surface area contributed by atoms with Crippen molar-refractivity contribution in [3.63, 3.8) is 0 Å². The minimum Gasteiger partial charge on any atom is -0.356 e. The van der Waals surface area contributed by atoms with E-state index in [-0.39, 0.29) is 18.2 Å². The molecule has 0 saturated heterocycles. The van der Waals surface area contributed by atoms with Crippen LogP contribution in [0.3, 0.4) is 0 Å². The third-order valence-electron chi connectivity index (χ3n) is 3.80. The van der Waals surface area contributed by atoms with Crippen LogP contribution in [-0.4, -0.2) is 35.1 Å². The Labute approximate surface area is 148 Å². The van der Waals surface area contributed by atoms with Crippen molar-refractivity contribution >= 4 is 29.3 Å². The first kappa shape index (κ1) is 18.8. The number of carbonyl (C=O) groups excluding carboxylic acids is 2. The van der Waals surface area contributed by atoms with E-state index in [1.165, 1.54) is 11.8 Å². The van der Waals surface area contributed by atoms with Gasteiger partial charge in [0.05, 0.1) is 10.9 Å². The molecule has 132 valence electrons. The van der Waals surface area contributed by atoms with Gasteiger partial charge in [-0.1, -0.05) is 39.5 Å². The predicted octanol–water partition coefficient (Wildman–Crippen LogP) is 3.10. The van der Waals surface area contributed by atoms with Crippen LogP contribution in [0.15, 0.2) is 23.4 Å². The summed E-state index contributed by atoms with van der Waals surface area (Å²) in [5.74, 6) is 0.845. The van der Waals surface area contributed by atoms with Gasteiger partial charge < -0.3 is 10.2 Å². The molecule has 5 nitrogen and oxygen atoms in total. The molecule has 24 heavy (non-hydrogen) atoms. The number of anilines is 1. The molecule has 6 heteroatoms. The standard InChI is InChI=1S/C18H27N3O2S/c1-12(2)7-9-19-16(22)10-15-18(23)21(11-13(3)4)14-6-5-8-20-17(14)24-15/h5-6,8,12-13,15H,7,9-11H2,1-4H3,(H,19,22)/t15-/m1/s1. The lowest BCUT2D eigenvalue weighted by molar-refractivity contribution is -0.125. The molecule has 2 rings (SSSR count). The Hall–Kier alpha value is -1.56. The fraction of sp³-hybridized carbons (Fsp3) is 0.611. The molecule has 0 aliphatic carbocycles. The lowest BCUT2D eigenvalue weighted by Crippen LogP contribution is -2.45. The highest BCUT2D eigenvalue weighted by atomic mass is 32.2. The number of rotatable bonds is 7. The molecule has 0 bridgehead atoms. The molecule has 1 aliphatic heterocycles. The molecular weight excluding hydrogens is 322 g/mol. The molecule has 0 saturated carbocycles. The van der Waals surface area contributed by atoms with Crippen molar-refractivity contribution in [3.8, 4) is 0 Å². The molecule has 2 heterocycles. The van der Waals surface area contributed by atoms with Gasteiger partial charge in [0.2, 0.25) is 11.8 Å². The average molecular weight is 350 g/mol. The van der Waals surface area contributed by atoms with Gasteiger partial charge in [-0.05, 0) is 30.4 Å². The van der Waals surface area contributed by atoms with E-state index in [0.29, 0.717) is 24.9 Å². The van der Waals surface area contributed by atoms with Crippen molar-refractivity contribution in [1.82, 2.24) is 10.3 Å². The van der Waals surface area contributed by atoms with Crippen molar-refractivity contribution in [2.45, 2.75) is 50.8 Å². The van der Waals surface area contributed by atoms with E-state index in [4.69, 9.17) is 0 Å². The van der Waals surface area contributed by atoms with Gasteiger partial charge in [-0.15, -0.1) is 0 Å². The van der Waals surface area contributed by atoms with E-state index in [0.717, 1.165) is 17.1 Å². The molecule has 1 aromatic rings. The van der Waals surface area contributed by atoms with Gasteiger partial charge in [0.25, 0.3) is 0 Å². The molecule has 0 fully saturated rings. The van der Waals surface area contributed by atoms with Gasteiger partial charge in [-0.25, -0.2) is 4.98 Å². The predicted molar refractivity (Wildman–Crippen MR) is 98.2 cm³/mol.